The van der Waals surface area contributed by atoms with Gasteiger partial charge in [0.2, 0.25) is 10.0 Å². The van der Waals surface area contributed by atoms with Crippen LogP contribution < -0.4 is 4.72 Å². The lowest BCUT2D eigenvalue weighted by Gasteiger charge is -2.12. The molecule has 1 heterocycles. The van der Waals surface area contributed by atoms with Gasteiger partial charge >= 0.3 is 11.9 Å². The van der Waals surface area contributed by atoms with Crippen LogP contribution in [0.2, 0.25) is 10.0 Å². The summed E-state index contributed by atoms with van der Waals surface area (Å²) in [6.07, 6.45) is 0.190. The topological polar surface area (TPSA) is 110 Å². The van der Waals surface area contributed by atoms with Crippen molar-refractivity contribution < 1.29 is 27.9 Å². The second kappa shape index (κ2) is 5.80. The Morgan fingerprint density at radius 2 is 2.00 bits per heavy atom. The SMILES string of the molecule is O=C(O)c1cc(S(=O)(=O)NC2CCOC2=O)c(Cl)cc1Cl. The molecular weight excluding hydrogens is 345 g/mol. The first kappa shape index (κ1) is 16.0. The molecule has 1 aliphatic rings. The van der Waals surface area contributed by atoms with E-state index in [1.54, 1.807) is 0 Å². The zero-order valence-corrected chi connectivity index (χ0v) is 12.6. The summed E-state index contributed by atoms with van der Waals surface area (Å²) in [5, 5.41) is 8.52. The fraction of sp³-hybridized carbons (Fsp3) is 0.273. The van der Waals surface area contributed by atoms with E-state index in [2.05, 4.69) is 9.46 Å². The maximum atomic E-state index is 12.2. The number of benzene rings is 1. The predicted molar refractivity (Wildman–Crippen MR) is 73.1 cm³/mol. The maximum absolute atomic E-state index is 12.2. The van der Waals surface area contributed by atoms with Gasteiger partial charge in [0.1, 0.15) is 10.9 Å². The van der Waals surface area contributed by atoms with E-state index >= 15 is 0 Å². The summed E-state index contributed by atoms with van der Waals surface area (Å²) < 4.78 is 31.2. The molecule has 7 nitrogen and oxygen atoms in total. The highest BCUT2D eigenvalue weighted by molar-refractivity contribution is 7.89. The van der Waals surface area contributed by atoms with Gasteiger partial charge < -0.3 is 9.84 Å². The van der Waals surface area contributed by atoms with Crippen molar-refractivity contribution in [2.24, 2.45) is 0 Å². The summed E-state index contributed by atoms with van der Waals surface area (Å²) in [6, 6.07) is 0.846. The lowest BCUT2D eigenvalue weighted by Crippen LogP contribution is -2.38. The Kier molecular flexibility index (Phi) is 4.43. The summed E-state index contributed by atoms with van der Waals surface area (Å²) in [6.45, 7) is 0.112. The normalized spacial score (nSPS) is 18.6. The number of carbonyl (C=O) groups is 2. The average molecular weight is 354 g/mol. The molecule has 10 heteroatoms. The number of carboxylic acids is 1. The fourth-order valence-electron chi connectivity index (χ4n) is 1.75. The third kappa shape index (κ3) is 3.29. The van der Waals surface area contributed by atoms with Crippen LogP contribution in [0.4, 0.5) is 0 Å². The molecule has 1 unspecified atom stereocenters. The Bertz CT molecular complexity index is 718. The van der Waals surface area contributed by atoms with Gasteiger partial charge in [-0.1, -0.05) is 23.2 Å². The highest BCUT2D eigenvalue weighted by atomic mass is 35.5. The van der Waals surface area contributed by atoms with Crippen LogP contribution in [-0.4, -0.2) is 38.1 Å². The van der Waals surface area contributed by atoms with Crippen LogP contribution in [0, 0.1) is 0 Å². The Hall–Kier alpha value is -1.35. The van der Waals surface area contributed by atoms with Gasteiger partial charge in [0.25, 0.3) is 0 Å². The summed E-state index contributed by atoms with van der Waals surface area (Å²) in [5.74, 6) is -2.09. The molecule has 1 aromatic carbocycles. The molecule has 0 saturated carbocycles. The van der Waals surface area contributed by atoms with Gasteiger partial charge in [-0.3, -0.25) is 4.79 Å². The van der Waals surface area contributed by atoms with Crippen LogP contribution in [0.5, 0.6) is 0 Å². The highest BCUT2D eigenvalue weighted by Gasteiger charge is 2.32. The van der Waals surface area contributed by atoms with E-state index in [1.807, 2.05) is 0 Å². The number of halogens is 2. The van der Waals surface area contributed by atoms with Crippen LogP contribution in [0.1, 0.15) is 16.8 Å². The van der Waals surface area contributed by atoms with Gasteiger partial charge in [-0.15, -0.1) is 0 Å². The van der Waals surface area contributed by atoms with Crippen molar-refractivity contribution in [1.82, 2.24) is 4.72 Å². The molecule has 0 bridgehead atoms. The standard InChI is InChI=1S/C11H9Cl2NO6S/c12-6-4-7(13)9(3-5(6)10(15)16)21(18,19)14-8-1-2-20-11(8)17/h3-4,8,14H,1-2H2,(H,15,16). The molecule has 0 spiro atoms. The molecule has 0 aliphatic carbocycles. The first-order valence-electron chi connectivity index (χ1n) is 5.63. The minimum Gasteiger partial charge on any atom is -0.478 e. The molecule has 21 heavy (non-hydrogen) atoms. The molecule has 1 atom stereocenters. The molecule has 114 valence electrons. The van der Waals surface area contributed by atoms with Crippen LogP contribution in [-0.2, 0) is 19.6 Å². The zero-order chi connectivity index (χ0) is 15.8. The Labute approximate surface area is 129 Å². The predicted octanol–water partition coefficient (Wildman–Crippen LogP) is 1.29. The largest absolute Gasteiger partial charge is 0.478 e. The number of cyclic esters (lactones) is 1. The molecule has 2 rings (SSSR count). The minimum absolute atomic E-state index is 0.112. The van der Waals surface area contributed by atoms with E-state index in [4.69, 9.17) is 28.3 Å². The molecule has 1 saturated heterocycles. The number of nitrogens with one attached hydrogen (secondary N) is 1. The molecule has 0 radical (unpaired) electrons. The summed E-state index contributed by atoms with van der Waals surface area (Å²) >= 11 is 11.5. The van der Waals surface area contributed by atoms with E-state index in [-0.39, 0.29) is 23.1 Å². The first-order valence-corrected chi connectivity index (χ1v) is 7.87. The number of esters is 1. The van der Waals surface area contributed by atoms with Gasteiger partial charge in [-0.25, -0.2) is 13.2 Å². The molecule has 0 aromatic heterocycles. The Morgan fingerprint density at radius 3 is 2.52 bits per heavy atom. The molecule has 0 amide bonds. The van der Waals surface area contributed by atoms with Gasteiger partial charge in [0.15, 0.2) is 0 Å². The first-order chi connectivity index (χ1) is 9.72. The van der Waals surface area contributed by atoms with Crippen molar-refractivity contribution >= 4 is 45.2 Å². The quantitative estimate of drug-likeness (QED) is 0.789. The van der Waals surface area contributed by atoms with E-state index in [1.165, 1.54) is 0 Å². The molecule has 2 N–H and O–H groups in total. The Morgan fingerprint density at radius 1 is 1.33 bits per heavy atom. The van der Waals surface area contributed by atoms with E-state index < -0.39 is 38.5 Å². The number of hydrogen-bond donors (Lipinski definition) is 2. The number of sulfonamides is 1. The van der Waals surface area contributed by atoms with Crippen molar-refractivity contribution in [3.05, 3.63) is 27.7 Å². The molecule has 1 aromatic rings. The monoisotopic (exact) mass is 353 g/mol. The average Bonchev–Trinajstić information content (AvgIpc) is 2.73. The minimum atomic E-state index is -4.18. The lowest BCUT2D eigenvalue weighted by atomic mass is 10.2. The van der Waals surface area contributed by atoms with Crippen molar-refractivity contribution in [3.63, 3.8) is 0 Å². The fourth-order valence-corrected chi connectivity index (χ4v) is 3.83. The van der Waals surface area contributed by atoms with Crippen LogP contribution in [0.25, 0.3) is 0 Å². The smallest absolute Gasteiger partial charge is 0.337 e. The number of ether oxygens (including phenoxy) is 1. The van der Waals surface area contributed by atoms with Crippen molar-refractivity contribution in [3.8, 4) is 0 Å². The second-order valence-corrected chi connectivity index (χ2v) is 6.69. The number of hydrogen-bond acceptors (Lipinski definition) is 5. The molecular formula is C11H9Cl2NO6S. The highest BCUT2D eigenvalue weighted by Crippen LogP contribution is 2.29. The van der Waals surface area contributed by atoms with Crippen LogP contribution >= 0.6 is 23.2 Å². The van der Waals surface area contributed by atoms with Gasteiger partial charge in [-0.05, 0) is 12.1 Å². The van der Waals surface area contributed by atoms with E-state index in [0.29, 0.717) is 0 Å². The van der Waals surface area contributed by atoms with Crippen LogP contribution in [0.3, 0.4) is 0 Å². The second-order valence-electron chi connectivity index (χ2n) is 4.20. The van der Waals surface area contributed by atoms with Crippen molar-refractivity contribution in [1.29, 1.82) is 0 Å². The van der Waals surface area contributed by atoms with E-state index in [0.717, 1.165) is 12.1 Å². The van der Waals surface area contributed by atoms with Gasteiger partial charge in [0.05, 0.1) is 22.2 Å². The maximum Gasteiger partial charge on any atom is 0.337 e. The number of rotatable bonds is 4. The summed E-state index contributed by atoms with van der Waals surface area (Å²) in [7, 11) is -4.18. The summed E-state index contributed by atoms with van der Waals surface area (Å²) in [4.78, 5) is 21.8. The van der Waals surface area contributed by atoms with Gasteiger partial charge in [0, 0.05) is 6.42 Å². The summed E-state index contributed by atoms with van der Waals surface area (Å²) in [5.41, 5.74) is -0.407. The van der Waals surface area contributed by atoms with Crippen molar-refractivity contribution in [2.75, 3.05) is 6.61 Å². The Balaban J connectivity index is 2.42. The number of carbonyl (C=O) groups excluding carboxylic acids is 1. The lowest BCUT2D eigenvalue weighted by molar-refractivity contribution is -0.139. The van der Waals surface area contributed by atoms with Crippen molar-refractivity contribution in [2.45, 2.75) is 17.4 Å². The number of aromatic carboxylic acids is 1. The third-order valence-corrected chi connectivity index (χ3v) is 5.02. The molecule has 1 fully saturated rings. The van der Waals surface area contributed by atoms with E-state index in [9.17, 15) is 18.0 Å². The molecule has 1 aliphatic heterocycles. The zero-order valence-electron chi connectivity index (χ0n) is 10.3. The van der Waals surface area contributed by atoms with Crippen LogP contribution in [0.15, 0.2) is 17.0 Å². The number of carboxylic acid groups (broad SMARTS) is 1. The third-order valence-electron chi connectivity index (χ3n) is 2.77. The van der Waals surface area contributed by atoms with Gasteiger partial charge in [-0.2, -0.15) is 4.72 Å².